The lowest BCUT2D eigenvalue weighted by Gasteiger charge is -2.45. The first-order valence-electron chi connectivity index (χ1n) is 7.67. The van der Waals surface area contributed by atoms with Crippen LogP contribution in [0.1, 0.15) is 38.5 Å². The summed E-state index contributed by atoms with van der Waals surface area (Å²) in [6, 6.07) is -0.691. The molecule has 0 aromatic heterocycles. The Labute approximate surface area is 144 Å². The highest BCUT2D eigenvalue weighted by atomic mass is 35.5. The molecule has 1 atom stereocenters. The highest BCUT2D eigenvalue weighted by molar-refractivity contribution is 8.00. The third kappa shape index (κ3) is 5.58. The van der Waals surface area contributed by atoms with Crippen LogP contribution in [0.4, 0.5) is 0 Å². The van der Waals surface area contributed by atoms with Crippen LogP contribution in [0.5, 0.6) is 0 Å². The first-order valence-corrected chi connectivity index (χ1v) is 10.7. The number of hydrogen-bond acceptors (Lipinski definition) is 5. The van der Waals surface area contributed by atoms with E-state index in [9.17, 15) is 13.2 Å². The lowest BCUT2D eigenvalue weighted by Crippen LogP contribution is -2.54. The summed E-state index contributed by atoms with van der Waals surface area (Å²) < 4.78 is 22.6. The van der Waals surface area contributed by atoms with Crippen molar-refractivity contribution in [1.29, 1.82) is 0 Å². The Morgan fingerprint density at radius 1 is 1.32 bits per heavy atom. The summed E-state index contributed by atoms with van der Waals surface area (Å²) in [4.78, 5) is 14.3. The zero-order valence-corrected chi connectivity index (χ0v) is 15.6. The van der Waals surface area contributed by atoms with Crippen LogP contribution in [0.25, 0.3) is 0 Å². The fourth-order valence-electron chi connectivity index (χ4n) is 3.23. The van der Waals surface area contributed by atoms with Gasteiger partial charge < -0.3 is 10.6 Å². The van der Waals surface area contributed by atoms with Crippen LogP contribution in [0, 0.1) is 0 Å². The van der Waals surface area contributed by atoms with Crippen molar-refractivity contribution in [3.05, 3.63) is 0 Å². The Bertz CT molecular complexity index is 473. The quantitative estimate of drug-likeness (QED) is 0.810. The second-order valence-corrected chi connectivity index (χ2v) is 10.2. The summed E-state index contributed by atoms with van der Waals surface area (Å²) >= 11 is 2.01. The molecule has 1 saturated heterocycles. The molecule has 1 aliphatic heterocycles. The number of rotatable bonds is 4. The van der Waals surface area contributed by atoms with E-state index in [0.29, 0.717) is 0 Å². The van der Waals surface area contributed by atoms with Gasteiger partial charge in [0.1, 0.15) is 9.84 Å². The number of hydrogen-bond donors (Lipinski definition) is 1. The van der Waals surface area contributed by atoms with Gasteiger partial charge in [-0.1, -0.05) is 19.3 Å². The molecule has 1 spiro atoms. The predicted molar refractivity (Wildman–Crippen MR) is 94.4 cm³/mol. The average molecular weight is 371 g/mol. The molecule has 0 radical (unpaired) electrons. The van der Waals surface area contributed by atoms with E-state index >= 15 is 0 Å². The summed E-state index contributed by atoms with van der Waals surface area (Å²) in [5.41, 5.74) is 5.91. The molecule has 1 aliphatic carbocycles. The number of nitrogens with two attached hydrogens (primary N) is 1. The van der Waals surface area contributed by atoms with Crippen LogP contribution < -0.4 is 5.73 Å². The van der Waals surface area contributed by atoms with Crippen LogP contribution in [0.2, 0.25) is 0 Å². The third-order valence-corrected chi connectivity index (χ3v) is 6.96. The van der Waals surface area contributed by atoms with Crippen LogP contribution in [-0.4, -0.2) is 60.9 Å². The smallest absolute Gasteiger partial charge is 0.239 e. The summed E-state index contributed by atoms with van der Waals surface area (Å²) in [7, 11) is -3.07. The SMILES string of the molecule is CS(=O)(=O)CCC(N)C(=O)N1CCSC2(CCCCC2)C1.Cl. The molecule has 0 bridgehead atoms. The van der Waals surface area contributed by atoms with Crippen LogP contribution in [-0.2, 0) is 14.6 Å². The molecule has 1 heterocycles. The fourth-order valence-corrected chi connectivity index (χ4v) is 5.48. The molecule has 1 unspecified atom stereocenters. The van der Waals surface area contributed by atoms with E-state index in [1.165, 1.54) is 38.4 Å². The molecule has 22 heavy (non-hydrogen) atoms. The monoisotopic (exact) mass is 370 g/mol. The van der Waals surface area contributed by atoms with Crippen molar-refractivity contribution in [2.24, 2.45) is 5.73 Å². The van der Waals surface area contributed by atoms with Gasteiger partial charge in [-0.3, -0.25) is 4.79 Å². The molecule has 2 rings (SSSR count). The molecule has 0 aromatic carbocycles. The van der Waals surface area contributed by atoms with Gasteiger partial charge in [-0.05, 0) is 19.3 Å². The van der Waals surface area contributed by atoms with Gasteiger partial charge in [0.25, 0.3) is 0 Å². The van der Waals surface area contributed by atoms with Gasteiger partial charge in [0, 0.05) is 29.8 Å². The molecule has 1 amide bonds. The molecule has 2 N–H and O–H groups in total. The van der Waals surface area contributed by atoms with E-state index in [1.54, 1.807) is 0 Å². The zero-order valence-electron chi connectivity index (χ0n) is 13.1. The highest BCUT2D eigenvalue weighted by Gasteiger charge is 2.39. The molecular formula is C14H27ClN2O3S2. The summed E-state index contributed by atoms with van der Waals surface area (Å²) in [6.45, 7) is 1.51. The van der Waals surface area contributed by atoms with Crippen LogP contribution >= 0.6 is 24.2 Å². The lowest BCUT2D eigenvalue weighted by atomic mass is 9.87. The maximum absolute atomic E-state index is 12.4. The van der Waals surface area contributed by atoms with Gasteiger partial charge >= 0.3 is 0 Å². The number of carbonyl (C=O) groups excluding carboxylic acids is 1. The van der Waals surface area contributed by atoms with E-state index in [4.69, 9.17) is 5.73 Å². The Hall–Kier alpha value is 0.0200. The summed E-state index contributed by atoms with van der Waals surface area (Å²) in [5.74, 6) is 0.863. The Kier molecular flexibility index (Phi) is 7.49. The number of thioether (sulfide) groups is 1. The number of halogens is 1. The lowest BCUT2D eigenvalue weighted by molar-refractivity contribution is -0.133. The molecular weight excluding hydrogens is 344 g/mol. The number of carbonyl (C=O) groups is 1. The van der Waals surface area contributed by atoms with Crippen molar-refractivity contribution in [2.75, 3.05) is 30.9 Å². The number of nitrogens with zero attached hydrogens (tertiary/aromatic N) is 1. The highest BCUT2D eigenvalue weighted by Crippen LogP contribution is 2.42. The van der Waals surface area contributed by atoms with Gasteiger partial charge in [-0.15, -0.1) is 12.4 Å². The molecule has 8 heteroatoms. The zero-order chi connectivity index (χ0) is 15.5. The summed E-state index contributed by atoms with van der Waals surface area (Å²) in [5, 5.41) is 0. The Morgan fingerprint density at radius 2 is 1.95 bits per heavy atom. The van der Waals surface area contributed by atoms with E-state index in [-0.39, 0.29) is 35.2 Å². The van der Waals surface area contributed by atoms with Gasteiger partial charge in [0.15, 0.2) is 0 Å². The van der Waals surface area contributed by atoms with Crippen molar-refractivity contribution < 1.29 is 13.2 Å². The van der Waals surface area contributed by atoms with Crippen molar-refractivity contribution in [3.8, 4) is 0 Å². The third-order valence-electron chi connectivity index (χ3n) is 4.44. The van der Waals surface area contributed by atoms with Gasteiger partial charge in [-0.25, -0.2) is 8.42 Å². The van der Waals surface area contributed by atoms with E-state index in [2.05, 4.69) is 0 Å². The first kappa shape index (κ1) is 20.1. The second kappa shape index (κ2) is 8.22. The van der Waals surface area contributed by atoms with Gasteiger partial charge in [-0.2, -0.15) is 11.8 Å². The molecule has 5 nitrogen and oxygen atoms in total. The molecule has 1 saturated carbocycles. The minimum atomic E-state index is -3.07. The largest absolute Gasteiger partial charge is 0.339 e. The molecule has 0 aromatic rings. The van der Waals surface area contributed by atoms with Gasteiger partial charge in [0.2, 0.25) is 5.91 Å². The Balaban J connectivity index is 0.00000242. The maximum Gasteiger partial charge on any atom is 0.239 e. The standard InChI is InChI=1S/C14H26N2O3S2.ClH/c1-21(18,19)10-5-12(15)13(17)16-8-9-20-14(11-16)6-3-2-4-7-14;/h12H,2-11,15H2,1H3;1H. The minimum Gasteiger partial charge on any atom is -0.339 e. The molecule has 2 aliphatic rings. The van der Waals surface area contributed by atoms with Crippen LogP contribution in [0.3, 0.4) is 0 Å². The predicted octanol–water partition coefficient (Wildman–Crippen LogP) is 1.45. The topological polar surface area (TPSA) is 80.5 Å². The molecule has 2 fully saturated rings. The summed E-state index contributed by atoms with van der Waals surface area (Å²) in [6.07, 6.45) is 7.54. The number of sulfone groups is 1. The first-order chi connectivity index (χ1) is 9.81. The Morgan fingerprint density at radius 3 is 2.55 bits per heavy atom. The normalized spacial score (nSPS) is 22.9. The second-order valence-electron chi connectivity index (χ2n) is 6.38. The van der Waals surface area contributed by atoms with Crippen molar-refractivity contribution >= 4 is 39.9 Å². The molecule has 130 valence electrons. The van der Waals surface area contributed by atoms with E-state index in [0.717, 1.165) is 18.8 Å². The van der Waals surface area contributed by atoms with Gasteiger partial charge in [0.05, 0.1) is 11.8 Å². The average Bonchev–Trinajstić information content (AvgIpc) is 2.44. The minimum absolute atomic E-state index is 0. The number of amides is 1. The fraction of sp³-hybridized carbons (Fsp3) is 0.929. The van der Waals surface area contributed by atoms with Crippen LogP contribution in [0.15, 0.2) is 0 Å². The van der Waals surface area contributed by atoms with Crippen molar-refractivity contribution in [1.82, 2.24) is 4.90 Å². The maximum atomic E-state index is 12.4. The van der Waals surface area contributed by atoms with Crippen molar-refractivity contribution in [3.63, 3.8) is 0 Å². The van der Waals surface area contributed by atoms with Crippen molar-refractivity contribution in [2.45, 2.75) is 49.3 Å². The van der Waals surface area contributed by atoms with E-state index < -0.39 is 15.9 Å². The van der Waals surface area contributed by atoms with E-state index in [1.807, 2.05) is 16.7 Å².